The van der Waals surface area contributed by atoms with Crippen molar-refractivity contribution in [2.45, 2.75) is 71.1 Å². The number of nitrogens with one attached hydrogen (secondary N) is 2. The average molecular weight is 425 g/mol. The van der Waals surface area contributed by atoms with Gasteiger partial charge in [0, 0.05) is 6.04 Å². The predicted molar refractivity (Wildman–Crippen MR) is 107 cm³/mol. The number of imide groups is 1. The first kappa shape index (κ1) is 23.6. The van der Waals surface area contributed by atoms with E-state index in [-0.39, 0.29) is 18.3 Å². The largest absolute Gasteiger partial charge is 0.435 e. The normalized spacial score (nSPS) is 19.7. The fourth-order valence-electron chi connectivity index (χ4n) is 3.42. The lowest BCUT2D eigenvalue weighted by atomic mass is 9.92. The van der Waals surface area contributed by atoms with Crippen LogP contribution in [0.25, 0.3) is 0 Å². The molecule has 1 fully saturated rings. The summed E-state index contributed by atoms with van der Waals surface area (Å²) >= 11 is 0. The van der Waals surface area contributed by atoms with Crippen LogP contribution < -0.4 is 15.4 Å². The lowest BCUT2D eigenvalue weighted by molar-refractivity contribution is -0.135. The molecule has 166 valence electrons. The summed E-state index contributed by atoms with van der Waals surface area (Å²) in [5.74, 6) is -1.05. The van der Waals surface area contributed by atoms with E-state index in [1.807, 2.05) is 6.92 Å². The molecule has 1 aliphatic heterocycles. The Morgan fingerprint density at radius 2 is 1.87 bits per heavy atom. The molecule has 0 aliphatic carbocycles. The number of carbonyl (C=O) groups is 3. The van der Waals surface area contributed by atoms with Crippen LogP contribution in [0.15, 0.2) is 24.3 Å². The number of alkyl halides is 2. The topological polar surface area (TPSA) is 87.7 Å². The van der Waals surface area contributed by atoms with E-state index in [0.717, 1.165) is 37.0 Å². The maximum absolute atomic E-state index is 12.9. The third-order valence-corrected chi connectivity index (χ3v) is 5.13. The van der Waals surface area contributed by atoms with E-state index in [4.69, 9.17) is 0 Å². The van der Waals surface area contributed by atoms with Gasteiger partial charge in [-0.3, -0.25) is 14.5 Å². The molecular weight excluding hydrogens is 396 g/mol. The third-order valence-electron chi connectivity index (χ3n) is 5.13. The second kappa shape index (κ2) is 10.4. The van der Waals surface area contributed by atoms with Crippen LogP contribution in [0.1, 0.15) is 58.4 Å². The predicted octanol–water partition coefficient (Wildman–Crippen LogP) is 3.53. The molecule has 0 aromatic heterocycles. The zero-order valence-electron chi connectivity index (χ0n) is 17.5. The van der Waals surface area contributed by atoms with Crippen molar-refractivity contribution in [3.05, 3.63) is 29.8 Å². The summed E-state index contributed by atoms with van der Waals surface area (Å²) in [6, 6.07) is 4.71. The number of urea groups is 1. The number of hydrogen-bond donors (Lipinski definition) is 2. The SMILES string of the molecule is CCCCCC[C@H](C)NC(=O)CN1C(=O)N[C@@](C)(c2ccc(OC(F)F)cc2)C1=O. The molecule has 30 heavy (non-hydrogen) atoms. The maximum Gasteiger partial charge on any atom is 0.387 e. The van der Waals surface area contributed by atoms with Crippen molar-refractivity contribution in [1.82, 2.24) is 15.5 Å². The van der Waals surface area contributed by atoms with Crippen LogP contribution in [0.3, 0.4) is 0 Å². The van der Waals surface area contributed by atoms with Crippen LogP contribution in [-0.4, -0.2) is 41.9 Å². The smallest absolute Gasteiger partial charge is 0.387 e. The Bertz CT molecular complexity index is 757. The highest BCUT2D eigenvalue weighted by molar-refractivity contribution is 6.09. The molecule has 1 saturated heterocycles. The molecule has 9 heteroatoms. The van der Waals surface area contributed by atoms with E-state index in [1.54, 1.807) is 0 Å². The number of nitrogens with zero attached hydrogens (tertiary/aromatic N) is 1. The van der Waals surface area contributed by atoms with Gasteiger partial charge in [0.05, 0.1) is 0 Å². The van der Waals surface area contributed by atoms with E-state index < -0.39 is 30.0 Å². The number of amides is 4. The molecule has 2 N–H and O–H groups in total. The highest BCUT2D eigenvalue weighted by Gasteiger charge is 2.49. The van der Waals surface area contributed by atoms with Gasteiger partial charge in [0.25, 0.3) is 5.91 Å². The van der Waals surface area contributed by atoms with E-state index in [0.29, 0.717) is 5.56 Å². The van der Waals surface area contributed by atoms with Crippen molar-refractivity contribution < 1.29 is 27.9 Å². The lowest BCUT2D eigenvalue weighted by Gasteiger charge is -2.22. The third kappa shape index (κ3) is 5.90. The van der Waals surface area contributed by atoms with Gasteiger partial charge < -0.3 is 15.4 Å². The molecular formula is C21H29F2N3O4. The molecule has 7 nitrogen and oxygen atoms in total. The first-order chi connectivity index (χ1) is 14.2. The zero-order chi connectivity index (χ0) is 22.3. The summed E-state index contributed by atoms with van der Waals surface area (Å²) in [5.41, 5.74) is -0.998. The summed E-state index contributed by atoms with van der Waals surface area (Å²) in [5, 5.41) is 5.40. The zero-order valence-corrected chi connectivity index (χ0v) is 17.5. The first-order valence-electron chi connectivity index (χ1n) is 10.2. The minimum atomic E-state index is -2.96. The van der Waals surface area contributed by atoms with E-state index in [2.05, 4.69) is 22.3 Å². The second-order valence-corrected chi connectivity index (χ2v) is 7.67. The summed E-state index contributed by atoms with van der Waals surface area (Å²) in [6.45, 7) is 2.18. The number of ether oxygens (including phenoxy) is 1. The molecule has 2 rings (SSSR count). The number of halogens is 2. The van der Waals surface area contributed by atoms with Gasteiger partial charge >= 0.3 is 12.6 Å². The lowest BCUT2D eigenvalue weighted by Crippen LogP contribution is -2.45. The maximum atomic E-state index is 12.9. The Labute approximate surface area is 175 Å². The molecule has 2 atom stereocenters. The van der Waals surface area contributed by atoms with Crippen LogP contribution in [-0.2, 0) is 15.1 Å². The van der Waals surface area contributed by atoms with Gasteiger partial charge in [-0.25, -0.2) is 4.79 Å². The Morgan fingerprint density at radius 3 is 2.47 bits per heavy atom. The highest BCUT2D eigenvalue weighted by atomic mass is 19.3. The molecule has 0 radical (unpaired) electrons. The van der Waals surface area contributed by atoms with Crippen LogP contribution in [0, 0.1) is 0 Å². The Hall–Kier alpha value is -2.71. The summed E-state index contributed by atoms with van der Waals surface area (Å²) in [4.78, 5) is 38.4. The molecule has 1 aromatic carbocycles. The van der Waals surface area contributed by atoms with Gasteiger partial charge in [-0.05, 0) is 38.0 Å². The summed E-state index contributed by atoms with van der Waals surface area (Å²) < 4.78 is 28.9. The van der Waals surface area contributed by atoms with Crippen molar-refractivity contribution >= 4 is 17.8 Å². The van der Waals surface area contributed by atoms with Crippen molar-refractivity contribution in [2.75, 3.05) is 6.54 Å². The first-order valence-corrected chi connectivity index (χ1v) is 10.2. The summed E-state index contributed by atoms with van der Waals surface area (Å²) in [7, 11) is 0. The average Bonchev–Trinajstić information content (AvgIpc) is 2.89. The van der Waals surface area contributed by atoms with Gasteiger partial charge in [0.2, 0.25) is 5.91 Å². The van der Waals surface area contributed by atoms with Crippen molar-refractivity contribution in [3.63, 3.8) is 0 Å². The molecule has 0 unspecified atom stereocenters. The minimum absolute atomic E-state index is 0.0520. The molecule has 0 spiro atoms. The van der Waals surface area contributed by atoms with E-state index in [1.165, 1.54) is 31.2 Å². The number of rotatable bonds is 11. The number of carbonyl (C=O) groups excluding carboxylic acids is 3. The molecule has 1 heterocycles. The number of unbranched alkanes of at least 4 members (excludes halogenated alkanes) is 3. The van der Waals surface area contributed by atoms with Crippen LogP contribution in [0.5, 0.6) is 5.75 Å². The van der Waals surface area contributed by atoms with Crippen molar-refractivity contribution in [1.29, 1.82) is 0 Å². The Kier molecular flexibility index (Phi) is 8.14. The molecule has 0 bridgehead atoms. The minimum Gasteiger partial charge on any atom is -0.435 e. The fourth-order valence-corrected chi connectivity index (χ4v) is 3.42. The van der Waals surface area contributed by atoms with Crippen molar-refractivity contribution in [3.8, 4) is 5.75 Å². The Morgan fingerprint density at radius 1 is 1.20 bits per heavy atom. The molecule has 1 aliphatic rings. The summed E-state index contributed by atoms with van der Waals surface area (Å²) in [6.07, 6.45) is 5.21. The van der Waals surface area contributed by atoms with Crippen LogP contribution in [0.4, 0.5) is 13.6 Å². The van der Waals surface area contributed by atoms with Gasteiger partial charge in [-0.15, -0.1) is 0 Å². The van der Waals surface area contributed by atoms with E-state index >= 15 is 0 Å². The van der Waals surface area contributed by atoms with Crippen molar-refractivity contribution in [2.24, 2.45) is 0 Å². The molecule has 1 aromatic rings. The number of benzene rings is 1. The van der Waals surface area contributed by atoms with Gasteiger partial charge in [0.1, 0.15) is 17.8 Å². The quantitative estimate of drug-likeness (QED) is 0.419. The standard InChI is InChI=1S/C21H29F2N3O4/c1-4-5-6-7-8-14(2)24-17(27)13-26-18(28)21(3,25-20(26)29)15-9-11-16(12-10-15)30-19(22)23/h9-12,14,19H,4-8,13H2,1-3H3,(H,24,27)(H,25,29)/t14-,21-/m0/s1. The molecule has 0 saturated carbocycles. The van der Waals surface area contributed by atoms with Gasteiger partial charge in [-0.2, -0.15) is 8.78 Å². The Balaban J connectivity index is 1.97. The van der Waals surface area contributed by atoms with Gasteiger partial charge in [-0.1, -0.05) is 44.7 Å². The van der Waals surface area contributed by atoms with E-state index in [9.17, 15) is 23.2 Å². The van der Waals surface area contributed by atoms with Crippen LogP contribution in [0.2, 0.25) is 0 Å². The fraction of sp³-hybridized carbons (Fsp3) is 0.571. The van der Waals surface area contributed by atoms with Gasteiger partial charge in [0.15, 0.2) is 0 Å². The van der Waals surface area contributed by atoms with Crippen LogP contribution >= 0.6 is 0 Å². The monoisotopic (exact) mass is 425 g/mol. The molecule has 4 amide bonds. The number of hydrogen-bond acceptors (Lipinski definition) is 4. The highest BCUT2D eigenvalue weighted by Crippen LogP contribution is 2.30. The second-order valence-electron chi connectivity index (χ2n) is 7.67.